The first-order chi connectivity index (χ1) is 8.74. The second-order valence-corrected chi connectivity index (χ2v) is 5.63. The van der Waals surface area contributed by atoms with E-state index in [1.54, 1.807) is 0 Å². The molecular formula is C15H30N2O. The van der Waals surface area contributed by atoms with Gasteiger partial charge in [-0.2, -0.15) is 0 Å². The molecule has 18 heavy (non-hydrogen) atoms. The SMILES string of the molecule is CCCCCCCC(=O)N(C)CC1CCNCC1. The molecule has 1 rings (SSSR count). The predicted molar refractivity (Wildman–Crippen MR) is 76.6 cm³/mol. The highest BCUT2D eigenvalue weighted by Crippen LogP contribution is 2.14. The van der Waals surface area contributed by atoms with E-state index >= 15 is 0 Å². The van der Waals surface area contributed by atoms with Gasteiger partial charge in [0.2, 0.25) is 5.91 Å². The van der Waals surface area contributed by atoms with Gasteiger partial charge in [0, 0.05) is 20.0 Å². The third-order valence-electron chi connectivity index (χ3n) is 3.91. The Hall–Kier alpha value is -0.570. The zero-order chi connectivity index (χ0) is 13.2. The Morgan fingerprint density at radius 3 is 2.50 bits per heavy atom. The number of hydrogen-bond acceptors (Lipinski definition) is 2. The number of carbonyl (C=O) groups excluding carboxylic acids is 1. The Balaban J connectivity index is 2.08. The zero-order valence-electron chi connectivity index (χ0n) is 12.2. The summed E-state index contributed by atoms with van der Waals surface area (Å²) in [5, 5.41) is 3.37. The summed E-state index contributed by atoms with van der Waals surface area (Å²) in [6.45, 7) is 5.40. The van der Waals surface area contributed by atoms with Crippen molar-refractivity contribution in [2.45, 2.75) is 58.3 Å². The van der Waals surface area contributed by atoms with Crippen molar-refractivity contribution in [1.82, 2.24) is 10.2 Å². The van der Waals surface area contributed by atoms with E-state index in [0.29, 0.717) is 11.8 Å². The fourth-order valence-electron chi connectivity index (χ4n) is 2.62. The molecule has 1 N–H and O–H groups in total. The molecule has 0 aromatic heterocycles. The predicted octanol–water partition coefficient (Wildman–Crippen LogP) is 2.80. The van der Waals surface area contributed by atoms with Crippen molar-refractivity contribution >= 4 is 5.91 Å². The van der Waals surface area contributed by atoms with Crippen LogP contribution in [0, 0.1) is 5.92 Å². The van der Waals surface area contributed by atoms with Gasteiger partial charge in [-0.15, -0.1) is 0 Å². The summed E-state index contributed by atoms with van der Waals surface area (Å²) >= 11 is 0. The largest absolute Gasteiger partial charge is 0.345 e. The summed E-state index contributed by atoms with van der Waals surface area (Å²) in [7, 11) is 1.97. The number of carbonyl (C=O) groups is 1. The molecule has 106 valence electrons. The molecule has 0 radical (unpaired) electrons. The first-order valence-corrected chi connectivity index (χ1v) is 7.68. The van der Waals surface area contributed by atoms with Gasteiger partial charge >= 0.3 is 0 Å². The lowest BCUT2D eigenvalue weighted by Gasteiger charge is -2.27. The van der Waals surface area contributed by atoms with Gasteiger partial charge in [0.1, 0.15) is 0 Å². The summed E-state index contributed by atoms with van der Waals surface area (Å²) in [4.78, 5) is 13.9. The molecule has 3 heteroatoms. The molecule has 0 spiro atoms. The second kappa shape index (κ2) is 9.37. The van der Waals surface area contributed by atoms with Crippen molar-refractivity contribution in [1.29, 1.82) is 0 Å². The molecule has 1 aliphatic heterocycles. The molecule has 0 bridgehead atoms. The van der Waals surface area contributed by atoms with Crippen LogP contribution in [0.1, 0.15) is 58.3 Å². The third-order valence-corrected chi connectivity index (χ3v) is 3.91. The van der Waals surface area contributed by atoms with Crippen LogP contribution in [0.25, 0.3) is 0 Å². The number of hydrogen-bond donors (Lipinski definition) is 1. The third kappa shape index (κ3) is 6.39. The topological polar surface area (TPSA) is 32.3 Å². The zero-order valence-corrected chi connectivity index (χ0v) is 12.2. The lowest BCUT2D eigenvalue weighted by Crippen LogP contribution is -2.37. The average Bonchev–Trinajstić information content (AvgIpc) is 2.39. The van der Waals surface area contributed by atoms with E-state index in [2.05, 4.69) is 12.2 Å². The fourth-order valence-corrected chi connectivity index (χ4v) is 2.62. The summed E-state index contributed by atoms with van der Waals surface area (Å²) in [6, 6.07) is 0. The second-order valence-electron chi connectivity index (χ2n) is 5.63. The van der Waals surface area contributed by atoms with Gasteiger partial charge in [0.25, 0.3) is 0 Å². The van der Waals surface area contributed by atoms with E-state index in [1.165, 1.54) is 38.5 Å². The van der Waals surface area contributed by atoms with E-state index in [-0.39, 0.29) is 0 Å². The minimum atomic E-state index is 0.338. The monoisotopic (exact) mass is 254 g/mol. The Kier molecular flexibility index (Phi) is 8.06. The number of nitrogens with one attached hydrogen (secondary N) is 1. The van der Waals surface area contributed by atoms with E-state index in [1.807, 2.05) is 11.9 Å². The highest BCUT2D eigenvalue weighted by molar-refractivity contribution is 5.75. The first-order valence-electron chi connectivity index (χ1n) is 7.68. The Morgan fingerprint density at radius 1 is 1.17 bits per heavy atom. The lowest BCUT2D eigenvalue weighted by molar-refractivity contribution is -0.130. The van der Waals surface area contributed by atoms with Crippen molar-refractivity contribution in [3.63, 3.8) is 0 Å². The van der Waals surface area contributed by atoms with Crippen LogP contribution in [0.2, 0.25) is 0 Å². The molecule has 0 unspecified atom stereocenters. The molecule has 0 aliphatic carbocycles. The van der Waals surface area contributed by atoms with Gasteiger partial charge in [0.05, 0.1) is 0 Å². The molecule has 0 aromatic rings. The lowest BCUT2D eigenvalue weighted by atomic mass is 9.97. The van der Waals surface area contributed by atoms with E-state index in [9.17, 15) is 4.79 Å². The molecule has 3 nitrogen and oxygen atoms in total. The van der Waals surface area contributed by atoms with Crippen LogP contribution in [-0.4, -0.2) is 37.5 Å². The molecule has 1 aliphatic rings. The molecule has 0 atom stereocenters. The summed E-state index contributed by atoms with van der Waals surface area (Å²) in [5.41, 5.74) is 0. The number of nitrogens with zero attached hydrogens (tertiary/aromatic N) is 1. The van der Waals surface area contributed by atoms with Gasteiger partial charge in [-0.3, -0.25) is 4.79 Å². The van der Waals surface area contributed by atoms with E-state index < -0.39 is 0 Å². The van der Waals surface area contributed by atoms with Crippen LogP contribution in [-0.2, 0) is 4.79 Å². The molecule has 1 fully saturated rings. The number of unbranched alkanes of at least 4 members (excludes halogenated alkanes) is 4. The maximum absolute atomic E-state index is 12.0. The maximum Gasteiger partial charge on any atom is 0.222 e. The molecule has 0 aromatic carbocycles. The highest BCUT2D eigenvalue weighted by Gasteiger charge is 2.17. The van der Waals surface area contributed by atoms with Crippen LogP contribution in [0.3, 0.4) is 0 Å². The quantitative estimate of drug-likeness (QED) is 0.676. The maximum atomic E-state index is 12.0. The highest BCUT2D eigenvalue weighted by atomic mass is 16.2. The van der Waals surface area contributed by atoms with Crippen molar-refractivity contribution in [3.05, 3.63) is 0 Å². The van der Waals surface area contributed by atoms with Crippen molar-refractivity contribution in [3.8, 4) is 0 Å². The fraction of sp³-hybridized carbons (Fsp3) is 0.933. The van der Waals surface area contributed by atoms with Gasteiger partial charge in [-0.1, -0.05) is 32.6 Å². The van der Waals surface area contributed by atoms with E-state index in [0.717, 1.165) is 32.5 Å². The normalized spacial score (nSPS) is 16.8. The van der Waals surface area contributed by atoms with Gasteiger partial charge in [-0.05, 0) is 38.3 Å². The molecule has 1 heterocycles. The number of rotatable bonds is 8. The summed E-state index contributed by atoms with van der Waals surface area (Å²) < 4.78 is 0. The summed E-state index contributed by atoms with van der Waals surface area (Å²) in [6.07, 6.45) is 9.30. The van der Waals surface area contributed by atoms with Crippen LogP contribution in [0.15, 0.2) is 0 Å². The van der Waals surface area contributed by atoms with Crippen molar-refractivity contribution < 1.29 is 4.79 Å². The Bertz CT molecular complexity index is 225. The van der Waals surface area contributed by atoms with Crippen molar-refractivity contribution in [2.24, 2.45) is 5.92 Å². The van der Waals surface area contributed by atoms with Crippen LogP contribution < -0.4 is 5.32 Å². The molecule has 0 saturated carbocycles. The smallest absolute Gasteiger partial charge is 0.222 e. The molecular weight excluding hydrogens is 224 g/mol. The van der Waals surface area contributed by atoms with Crippen molar-refractivity contribution in [2.75, 3.05) is 26.7 Å². The van der Waals surface area contributed by atoms with Crippen LogP contribution in [0.4, 0.5) is 0 Å². The van der Waals surface area contributed by atoms with E-state index in [4.69, 9.17) is 0 Å². The average molecular weight is 254 g/mol. The Labute approximate surface area is 112 Å². The minimum absolute atomic E-state index is 0.338. The number of piperidine rings is 1. The van der Waals surface area contributed by atoms with Crippen LogP contribution >= 0.6 is 0 Å². The van der Waals surface area contributed by atoms with Gasteiger partial charge in [0.15, 0.2) is 0 Å². The Morgan fingerprint density at radius 2 is 1.83 bits per heavy atom. The van der Waals surface area contributed by atoms with Gasteiger partial charge < -0.3 is 10.2 Å². The molecule has 1 amide bonds. The van der Waals surface area contributed by atoms with Crippen LogP contribution in [0.5, 0.6) is 0 Å². The van der Waals surface area contributed by atoms with Gasteiger partial charge in [-0.25, -0.2) is 0 Å². The summed E-state index contributed by atoms with van der Waals surface area (Å²) in [5.74, 6) is 1.05. The standard InChI is InChI=1S/C15H30N2O/c1-3-4-5-6-7-8-15(18)17(2)13-14-9-11-16-12-10-14/h14,16H,3-13H2,1-2H3. The molecule has 1 saturated heterocycles. The first kappa shape index (κ1) is 15.5. The number of amides is 1. The minimum Gasteiger partial charge on any atom is -0.345 e.